The zero-order valence-electron chi connectivity index (χ0n) is 58.6. The van der Waals surface area contributed by atoms with Crippen LogP contribution in [0.25, 0.3) is 61.0 Å². The molecule has 5 heteroatoms. The Hall–Kier alpha value is -7.89. The maximum Gasteiger partial charge on any atom is 0.137 e. The van der Waals surface area contributed by atoms with Crippen LogP contribution in [0.15, 0.2) is 182 Å². The summed E-state index contributed by atoms with van der Waals surface area (Å²) < 4.78 is 75.0. The van der Waals surface area contributed by atoms with Gasteiger partial charge in [0.15, 0.2) is 0 Å². The first-order chi connectivity index (χ1) is 42.0. The van der Waals surface area contributed by atoms with E-state index < -0.39 is 5.41 Å². The van der Waals surface area contributed by atoms with Crippen molar-refractivity contribution >= 4 is 44.6 Å². The number of aromatic nitrogens is 2. The maximum absolute atomic E-state index is 10.5. The summed E-state index contributed by atoms with van der Waals surface area (Å²) in [5.41, 5.74) is 14.9. The van der Waals surface area contributed by atoms with E-state index in [0.717, 1.165) is 80.1 Å². The van der Waals surface area contributed by atoms with Crippen molar-refractivity contribution in [3.05, 3.63) is 215 Å². The Kier molecular flexibility index (Phi) is 11.4. The van der Waals surface area contributed by atoms with E-state index in [1.165, 1.54) is 16.7 Å². The van der Waals surface area contributed by atoms with Crippen LogP contribution in [0.5, 0.6) is 11.5 Å². The molecule has 2 aliphatic rings. The van der Waals surface area contributed by atoms with Crippen molar-refractivity contribution in [2.24, 2.45) is 0 Å². The molecule has 0 atom stereocenters. The SMILES string of the molecule is [2H]c1c([2H])c2c(c([2H])c1-c1cc(C(C)(C)C)cc(-c3ccc(-c4cc(C(C)(C)C)cc(C(C)(C)C)c4)cc3)c1N1CN(c3cccc(Oc4ccc5c6c([2H])c([2H])c([2H])c([2H])c6n(-c6cc(C(C)(C)C)ccn6)c5c4)c3)c3ccccc31)C(C)(C)CCC2(C)C. The summed E-state index contributed by atoms with van der Waals surface area (Å²) in [6, 6.07) is 46.2. The third kappa shape index (κ3) is 10.3. The topological polar surface area (TPSA) is 33.5 Å². The molecule has 12 rings (SSSR count). The predicted octanol–water partition coefficient (Wildman–Crippen LogP) is 21.8. The number of benzene rings is 8. The van der Waals surface area contributed by atoms with Gasteiger partial charge >= 0.3 is 0 Å². The Balaban J connectivity index is 1.03. The lowest BCUT2D eigenvalue weighted by atomic mass is 9.63. The van der Waals surface area contributed by atoms with E-state index in [1.54, 1.807) is 6.20 Å². The third-order valence-electron chi connectivity index (χ3n) is 17.6. The smallest absolute Gasteiger partial charge is 0.137 e. The molecule has 0 bridgehead atoms. The number of rotatable bonds is 8. The Morgan fingerprint density at radius 1 is 0.470 bits per heavy atom. The molecule has 83 heavy (non-hydrogen) atoms. The lowest BCUT2D eigenvalue weighted by molar-refractivity contribution is 0.332. The van der Waals surface area contributed by atoms with Crippen molar-refractivity contribution in [3.63, 3.8) is 0 Å². The van der Waals surface area contributed by atoms with Gasteiger partial charge in [-0.05, 0) is 168 Å². The van der Waals surface area contributed by atoms with Crippen LogP contribution in [0, 0.1) is 0 Å². The molecule has 0 spiro atoms. The number of ether oxygens (including phenoxy) is 1. The Morgan fingerprint density at radius 2 is 1.06 bits per heavy atom. The maximum atomic E-state index is 10.5. The molecule has 0 fully saturated rings. The van der Waals surface area contributed by atoms with Crippen molar-refractivity contribution in [1.29, 1.82) is 0 Å². The van der Waals surface area contributed by atoms with E-state index >= 15 is 0 Å². The van der Waals surface area contributed by atoms with E-state index in [0.29, 0.717) is 57.4 Å². The van der Waals surface area contributed by atoms with E-state index in [4.69, 9.17) is 13.8 Å². The molecule has 0 unspecified atom stereocenters. The van der Waals surface area contributed by atoms with Gasteiger partial charge in [0.05, 0.1) is 37.7 Å². The molecule has 422 valence electrons. The van der Waals surface area contributed by atoms with Gasteiger partial charge in [-0.1, -0.05) is 208 Å². The highest BCUT2D eigenvalue weighted by Gasteiger charge is 2.39. The van der Waals surface area contributed by atoms with E-state index in [9.17, 15) is 5.48 Å². The number of pyridine rings is 1. The molecule has 0 N–H and O–H groups in total. The zero-order valence-corrected chi connectivity index (χ0v) is 51.6. The molecule has 3 heterocycles. The summed E-state index contributed by atoms with van der Waals surface area (Å²) >= 11 is 0. The summed E-state index contributed by atoms with van der Waals surface area (Å²) in [5.74, 6) is 1.61. The second-order valence-corrected chi connectivity index (χ2v) is 28.8. The zero-order chi connectivity index (χ0) is 64.9. The Morgan fingerprint density at radius 3 is 1.72 bits per heavy atom. The van der Waals surface area contributed by atoms with Gasteiger partial charge < -0.3 is 14.5 Å². The second kappa shape index (κ2) is 19.9. The molecule has 0 saturated heterocycles. The number of anilines is 4. The summed E-state index contributed by atoms with van der Waals surface area (Å²) in [4.78, 5) is 9.42. The highest BCUT2D eigenvalue weighted by atomic mass is 16.5. The Bertz CT molecular complexity index is 4530. The summed E-state index contributed by atoms with van der Waals surface area (Å²) in [6.07, 6.45) is 3.47. The van der Waals surface area contributed by atoms with E-state index in [-0.39, 0.29) is 63.3 Å². The third-order valence-corrected chi connectivity index (χ3v) is 17.6. The van der Waals surface area contributed by atoms with Gasteiger partial charge in [0.1, 0.15) is 24.0 Å². The molecule has 10 aromatic rings. The van der Waals surface area contributed by atoms with Gasteiger partial charge in [-0.2, -0.15) is 0 Å². The van der Waals surface area contributed by atoms with Crippen molar-refractivity contribution in [2.75, 3.05) is 16.5 Å². The number of para-hydroxylation sites is 3. The lowest BCUT2D eigenvalue weighted by Gasteiger charge is -2.42. The molecule has 0 amide bonds. The lowest BCUT2D eigenvalue weighted by Crippen LogP contribution is -2.33. The second-order valence-electron chi connectivity index (χ2n) is 28.8. The molecule has 0 saturated carbocycles. The summed E-state index contributed by atoms with van der Waals surface area (Å²) in [6.45, 7) is 35.8. The molecule has 1 aliphatic heterocycles. The molecule has 1 aliphatic carbocycles. The van der Waals surface area contributed by atoms with Gasteiger partial charge in [0, 0.05) is 45.9 Å². The van der Waals surface area contributed by atoms with E-state index in [1.807, 2.05) is 53.1 Å². The van der Waals surface area contributed by atoms with Crippen molar-refractivity contribution in [1.82, 2.24) is 9.55 Å². The molecule has 8 aromatic carbocycles. The van der Waals surface area contributed by atoms with Crippen LogP contribution in [0.2, 0.25) is 0 Å². The molecular formula is C78H84N4O. The van der Waals surface area contributed by atoms with Crippen LogP contribution in [0.3, 0.4) is 0 Å². The van der Waals surface area contributed by atoms with Crippen LogP contribution >= 0.6 is 0 Å². The van der Waals surface area contributed by atoms with Crippen LogP contribution < -0.4 is 14.5 Å². The molecule has 5 nitrogen and oxygen atoms in total. The van der Waals surface area contributed by atoms with Gasteiger partial charge in [0.2, 0.25) is 0 Å². The first-order valence-corrected chi connectivity index (χ1v) is 29.6. The summed E-state index contributed by atoms with van der Waals surface area (Å²) in [5, 5.41) is 1.06. The molecular weight excluding hydrogens is 1010 g/mol. The molecule has 2 aromatic heterocycles. The largest absolute Gasteiger partial charge is 0.457 e. The average molecular weight is 1100 g/mol. The van der Waals surface area contributed by atoms with Crippen LogP contribution in [-0.4, -0.2) is 16.2 Å². The summed E-state index contributed by atoms with van der Waals surface area (Å²) in [7, 11) is 0. The Labute approximate surface area is 504 Å². The van der Waals surface area contributed by atoms with Crippen molar-refractivity contribution in [3.8, 4) is 50.7 Å². The fraction of sp³-hybridized carbons (Fsp3) is 0.321. The van der Waals surface area contributed by atoms with Gasteiger partial charge in [-0.3, -0.25) is 4.57 Å². The highest BCUT2D eigenvalue weighted by Crippen LogP contribution is 2.54. The predicted molar refractivity (Wildman–Crippen MR) is 354 cm³/mol. The minimum atomic E-state index is -0.406. The fourth-order valence-electron chi connectivity index (χ4n) is 12.2. The minimum Gasteiger partial charge on any atom is -0.457 e. The van der Waals surface area contributed by atoms with Crippen molar-refractivity contribution < 1.29 is 14.3 Å². The van der Waals surface area contributed by atoms with E-state index in [2.05, 4.69) is 206 Å². The number of hydrogen-bond donors (Lipinski definition) is 0. The monoisotopic (exact) mass is 1100 g/mol. The van der Waals surface area contributed by atoms with Crippen molar-refractivity contribution in [2.45, 2.75) is 156 Å². The normalized spacial score (nSPS) is 16.4. The average Bonchev–Trinajstić information content (AvgIpc) is 1.21. The van der Waals surface area contributed by atoms with Crippen LogP contribution in [0.4, 0.5) is 22.7 Å². The number of nitrogens with zero attached hydrogens (tertiary/aromatic N) is 4. The molecule has 0 radical (unpaired) electrons. The minimum absolute atomic E-state index is 0.0571. The van der Waals surface area contributed by atoms with Gasteiger partial charge in [0.25, 0.3) is 0 Å². The van der Waals surface area contributed by atoms with Gasteiger partial charge in [-0.15, -0.1) is 0 Å². The number of hydrogen-bond acceptors (Lipinski definition) is 4. The first-order valence-electron chi connectivity index (χ1n) is 33.1. The van der Waals surface area contributed by atoms with Gasteiger partial charge in [-0.25, -0.2) is 4.98 Å². The standard InChI is InChI=1S/C78H84N4O/c1-73(2,3)54-36-39-79-71(46-54)82-67-25-18-17-24-61(67)62-34-33-60(48-70(62)82)83-59-23-21-22-58(47-59)80-49-81(69-27-20-19-26-68(69)80)72-63(51-30-28-50(29-31-51)53-40-55(74(4,5)6)43-56(41-53)75(7,8)9)44-57(76(10,11)12)45-64(72)52-32-35-65-66(42-52)78(15,16)38-37-77(65,13)14/h17-36,39-48H,37-38,49H2,1-16H3/i17D,18D,24D,25D,32D,35D,42D. The number of fused-ring (bicyclic) bond motifs is 5. The highest BCUT2D eigenvalue weighted by molar-refractivity contribution is 6.09. The quantitative estimate of drug-likeness (QED) is 0.152. The fourth-order valence-corrected chi connectivity index (χ4v) is 12.2. The first kappa shape index (κ1) is 47.6. The van der Waals surface area contributed by atoms with Crippen LogP contribution in [-0.2, 0) is 32.5 Å². The van der Waals surface area contributed by atoms with Crippen LogP contribution in [0.1, 0.15) is 167 Å².